The molecule has 1 aromatic heterocycles. The summed E-state index contributed by atoms with van der Waals surface area (Å²) in [5.41, 5.74) is 0.172. The van der Waals surface area contributed by atoms with Crippen LogP contribution in [0.3, 0.4) is 0 Å². The number of rotatable bonds is 4. The van der Waals surface area contributed by atoms with Crippen molar-refractivity contribution >= 4 is 22.6 Å². The van der Waals surface area contributed by atoms with Gasteiger partial charge in [0.15, 0.2) is 0 Å². The van der Waals surface area contributed by atoms with Crippen LogP contribution in [0, 0.1) is 5.82 Å². The zero-order valence-electron chi connectivity index (χ0n) is 14.7. The lowest BCUT2D eigenvalue weighted by Gasteiger charge is -2.35. The molecular weight excluding hydrogens is 337 g/mol. The average Bonchev–Trinajstić information content (AvgIpc) is 3.47. The van der Waals surface area contributed by atoms with E-state index in [9.17, 15) is 19.1 Å². The number of anilines is 1. The number of aromatic carboxylic acids is 1. The minimum atomic E-state index is -1.27. The summed E-state index contributed by atoms with van der Waals surface area (Å²) in [6.07, 6.45) is 4.25. The number of aromatic nitrogens is 1. The first-order valence-corrected chi connectivity index (χ1v) is 9.09. The van der Waals surface area contributed by atoms with Gasteiger partial charge in [0.25, 0.3) is 0 Å². The summed E-state index contributed by atoms with van der Waals surface area (Å²) in [7, 11) is 0. The van der Waals surface area contributed by atoms with Crippen LogP contribution in [0.25, 0.3) is 10.9 Å². The van der Waals surface area contributed by atoms with Gasteiger partial charge in [-0.2, -0.15) is 0 Å². The highest BCUT2D eigenvalue weighted by atomic mass is 19.1. The lowest BCUT2D eigenvalue weighted by atomic mass is 10.1. The first kappa shape index (κ1) is 17.0. The topological polar surface area (TPSA) is 74.6 Å². The molecule has 2 fully saturated rings. The number of nitrogens with one attached hydrogen (secondary N) is 1. The molecule has 1 saturated carbocycles. The van der Waals surface area contributed by atoms with E-state index >= 15 is 0 Å². The number of pyridine rings is 1. The van der Waals surface area contributed by atoms with E-state index in [4.69, 9.17) is 0 Å². The van der Waals surface area contributed by atoms with Gasteiger partial charge >= 0.3 is 5.97 Å². The summed E-state index contributed by atoms with van der Waals surface area (Å²) in [6, 6.07) is 3.41. The predicted octanol–water partition coefficient (Wildman–Crippen LogP) is 2.36. The molecule has 4 rings (SSSR count). The summed E-state index contributed by atoms with van der Waals surface area (Å²) < 4.78 is 16.7. The molecule has 1 aliphatic heterocycles. The number of hydrogen-bond donors (Lipinski definition) is 2. The van der Waals surface area contributed by atoms with Crippen molar-refractivity contribution in [1.82, 2.24) is 9.88 Å². The molecule has 2 heterocycles. The van der Waals surface area contributed by atoms with Gasteiger partial charge in [0.05, 0.1) is 11.2 Å². The van der Waals surface area contributed by atoms with Crippen LogP contribution >= 0.6 is 0 Å². The minimum Gasteiger partial charge on any atom is -0.477 e. The van der Waals surface area contributed by atoms with Crippen LogP contribution in [-0.2, 0) is 0 Å². The van der Waals surface area contributed by atoms with Crippen molar-refractivity contribution in [3.05, 3.63) is 39.9 Å². The molecule has 1 aliphatic carbocycles. The largest absolute Gasteiger partial charge is 0.477 e. The van der Waals surface area contributed by atoms with Gasteiger partial charge in [-0.25, -0.2) is 9.18 Å². The van der Waals surface area contributed by atoms with Gasteiger partial charge in [-0.1, -0.05) is 6.92 Å². The number of carbonyl (C=O) groups is 1. The molecule has 6 nitrogen and oxygen atoms in total. The number of piperazine rings is 1. The molecule has 0 radical (unpaired) electrons. The lowest BCUT2D eigenvalue weighted by molar-refractivity contribution is 0.0695. The van der Waals surface area contributed by atoms with E-state index in [1.54, 1.807) is 6.07 Å². The maximum absolute atomic E-state index is 14.8. The first-order chi connectivity index (χ1) is 12.5. The fraction of sp³-hybridized carbons (Fsp3) is 0.474. The number of carboxylic acids is 1. The van der Waals surface area contributed by atoms with Crippen molar-refractivity contribution < 1.29 is 14.3 Å². The molecule has 1 unspecified atom stereocenters. The van der Waals surface area contributed by atoms with Crippen molar-refractivity contribution in [3.63, 3.8) is 0 Å². The van der Waals surface area contributed by atoms with Crippen molar-refractivity contribution in [3.8, 4) is 0 Å². The lowest BCUT2D eigenvalue weighted by Crippen LogP contribution is -2.50. The molecule has 138 valence electrons. The van der Waals surface area contributed by atoms with Crippen molar-refractivity contribution in [1.29, 1.82) is 0 Å². The Balaban J connectivity index is 1.88. The summed E-state index contributed by atoms with van der Waals surface area (Å²) in [5.74, 6) is -1.75. The minimum absolute atomic E-state index is 0.139. The molecular formula is C19H22FN3O3. The van der Waals surface area contributed by atoms with Crippen molar-refractivity contribution in [2.24, 2.45) is 0 Å². The van der Waals surface area contributed by atoms with Gasteiger partial charge in [-0.05, 0) is 31.4 Å². The number of benzene rings is 1. The Morgan fingerprint density at radius 3 is 2.81 bits per heavy atom. The Bertz CT molecular complexity index is 936. The number of hydrogen-bond acceptors (Lipinski definition) is 4. The fourth-order valence-electron chi connectivity index (χ4n) is 3.73. The number of nitrogens with zero attached hydrogens (tertiary/aromatic N) is 2. The summed E-state index contributed by atoms with van der Waals surface area (Å²) in [5, 5.41) is 12.9. The van der Waals surface area contributed by atoms with Crippen LogP contribution in [0.2, 0.25) is 0 Å². The Morgan fingerprint density at radius 1 is 1.38 bits per heavy atom. The maximum atomic E-state index is 14.8. The molecule has 26 heavy (non-hydrogen) atoms. The Kier molecular flexibility index (Phi) is 4.19. The van der Waals surface area contributed by atoms with Crippen LogP contribution in [0.1, 0.15) is 42.6 Å². The highest BCUT2D eigenvalue weighted by Gasteiger charge is 2.28. The van der Waals surface area contributed by atoms with E-state index in [2.05, 4.69) is 12.2 Å². The summed E-state index contributed by atoms with van der Waals surface area (Å²) in [6.45, 7) is 4.28. The molecule has 1 aromatic carbocycles. The van der Waals surface area contributed by atoms with E-state index < -0.39 is 17.2 Å². The second-order valence-electron chi connectivity index (χ2n) is 7.14. The number of fused-ring (bicyclic) bond motifs is 1. The molecule has 0 amide bonds. The monoisotopic (exact) mass is 359 g/mol. The maximum Gasteiger partial charge on any atom is 0.341 e. The highest BCUT2D eigenvalue weighted by Crippen LogP contribution is 2.38. The normalized spacial score (nSPS) is 20.5. The van der Waals surface area contributed by atoms with Crippen LogP contribution in [0.5, 0.6) is 0 Å². The molecule has 2 aromatic rings. The van der Waals surface area contributed by atoms with Gasteiger partial charge in [-0.15, -0.1) is 0 Å². The first-order valence-electron chi connectivity index (χ1n) is 9.09. The standard InChI is InChI=1S/C19H22FN3O3/c1-2-11-9-22(6-5-21-11)17-8-16-13(7-15(17)20)18(24)14(19(25)26)10-23(16)12-3-4-12/h7-8,10-12,21H,2-6,9H2,1H3,(H,25,26). The Hall–Kier alpha value is -2.41. The van der Waals surface area contributed by atoms with E-state index in [0.29, 0.717) is 30.3 Å². The summed E-state index contributed by atoms with van der Waals surface area (Å²) in [4.78, 5) is 25.9. The van der Waals surface area contributed by atoms with E-state index in [1.807, 2.05) is 9.47 Å². The molecule has 0 bridgehead atoms. The van der Waals surface area contributed by atoms with Crippen LogP contribution in [0.4, 0.5) is 10.1 Å². The Labute approximate surface area is 150 Å². The van der Waals surface area contributed by atoms with Crippen molar-refractivity contribution in [2.75, 3.05) is 24.5 Å². The zero-order valence-corrected chi connectivity index (χ0v) is 14.7. The van der Waals surface area contributed by atoms with Crippen LogP contribution in [0.15, 0.2) is 23.1 Å². The third-order valence-corrected chi connectivity index (χ3v) is 5.36. The number of halogens is 1. The smallest absolute Gasteiger partial charge is 0.341 e. The quantitative estimate of drug-likeness (QED) is 0.877. The van der Waals surface area contributed by atoms with Crippen LogP contribution in [-0.4, -0.2) is 41.3 Å². The second kappa shape index (κ2) is 6.39. The van der Waals surface area contributed by atoms with E-state index in [-0.39, 0.29) is 17.0 Å². The number of carboxylic acid groups (broad SMARTS) is 1. The van der Waals surface area contributed by atoms with Crippen molar-refractivity contribution in [2.45, 2.75) is 38.3 Å². The third kappa shape index (κ3) is 2.86. The fourth-order valence-corrected chi connectivity index (χ4v) is 3.73. The average molecular weight is 359 g/mol. The molecule has 2 aliphatic rings. The van der Waals surface area contributed by atoms with E-state index in [0.717, 1.165) is 25.8 Å². The van der Waals surface area contributed by atoms with Gasteiger partial charge in [-0.3, -0.25) is 4.79 Å². The highest BCUT2D eigenvalue weighted by molar-refractivity contribution is 5.93. The van der Waals surface area contributed by atoms with Gasteiger partial charge in [0.2, 0.25) is 5.43 Å². The molecule has 7 heteroatoms. The van der Waals surface area contributed by atoms with E-state index in [1.165, 1.54) is 12.3 Å². The molecule has 1 saturated heterocycles. The SMILES string of the molecule is CCC1CN(c2cc3c(cc2F)c(=O)c(C(=O)O)cn3C2CC2)CCN1. The third-order valence-electron chi connectivity index (χ3n) is 5.36. The zero-order chi connectivity index (χ0) is 18.4. The molecule has 0 spiro atoms. The molecule has 1 atom stereocenters. The summed E-state index contributed by atoms with van der Waals surface area (Å²) >= 11 is 0. The second-order valence-corrected chi connectivity index (χ2v) is 7.14. The van der Waals surface area contributed by atoms with Gasteiger partial charge in [0.1, 0.15) is 11.4 Å². The molecule has 2 N–H and O–H groups in total. The van der Waals surface area contributed by atoms with Gasteiger partial charge < -0.3 is 19.9 Å². The van der Waals surface area contributed by atoms with Gasteiger partial charge in [0, 0.05) is 43.3 Å². The Morgan fingerprint density at radius 2 is 2.15 bits per heavy atom. The van der Waals surface area contributed by atoms with Crippen LogP contribution < -0.4 is 15.6 Å². The predicted molar refractivity (Wildman–Crippen MR) is 97.7 cm³/mol.